The maximum atomic E-state index is 11.9. The Morgan fingerprint density at radius 3 is 2.90 bits per heavy atom. The van der Waals surface area contributed by atoms with E-state index in [4.69, 9.17) is 9.52 Å². The van der Waals surface area contributed by atoms with Crippen LogP contribution in [0.25, 0.3) is 6.08 Å². The summed E-state index contributed by atoms with van der Waals surface area (Å²) in [6.07, 6.45) is 7.36. The van der Waals surface area contributed by atoms with Crippen LogP contribution in [0.2, 0.25) is 0 Å². The fourth-order valence-corrected chi connectivity index (χ4v) is 2.83. The van der Waals surface area contributed by atoms with Gasteiger partial charge in [-0.2, -0.15) is 0 Å². The van der Waals surface area contributed by atoms with E-state index < -0.39 is 0 Å². The largest absolute Gasteiger partial charge is 0.461 e. The molecule has 3 rings (SSSR count). The van der Waals surface area contributed by atoms with Crippen LogP contribution < -0.4 is 5.32 Å². The van der Waals surface area contributed by atoms with E-state index in [2.05, 4.69) is 12.2 Å². The third-order valence-corrected chi connectivity index (χ3v) is 4.48. The molecule has 0 bridgehead atoms. The molecule has 3 atom stereocenters. The van der Waals surface area contributed by atoms with Crippen LogP contribution in [0.15, 0.2) is 22.6 Å². The minimum absolute atomic E-state index is 0.103. The van der Waals surface area contributed by atoms with Gasteiger partial charge in [0.15, 0.2) is 0 Å². The van der Waals surface area contributed by atoms with Gasteiger partial charge in [0.1, 0.15) is 11.5 Å². The van der Waals surface area contributed by atoms with Crippen LogP contribution in [0.3, 0.4) is 0 Å². The lowest BCUT2D eigenvalue weighted by Gasteiger charge is -2.15. The number of hydrogen-bond donors (Lipinski definition) is 2. The Morgan fingerprint density at radius 2 is 2.29 bits per heavy atom. The Labute approximate surface area is 125 Å². The molecule has 4 nitrogen and oxygen atoms in total. The molecule has 2 N–H and O–H groups in total. The molecule has 1 aromatic rings. The molecule has 0 aromatic carbocycles. The Hall–Kier alpha value is -1.55. The van der Waals surface area contributed by atoms with Crippen LogP contribution in [-0.4, -0.2) is 23.7 Å². The first kappa shape index (κ1) is 14.4. The molecule has 1 heterocycles. The molecule has 1 aromatic heterocycles. The van der Waals surface area contributed by atoms with Gasteiger partial charge in [0, 0.05) is 24.6 Å². The highest BCUT2D eigenvalue weighted by atomic mass is 16.3. The summed E-state index contributed by atoms with van der Waals surface area (Å²) < 4.78 is 5.73. The normalized spacial score (nSPS) is 26.0. The second kappa shape index (κ2) is 6.06. The van der Waals surface area contributed by atoms with Crippen molar-refractivity contribution in [3.05, 3.63) is 29.7 Å². The maximum absolute atomic E-state index is 11.9. The Kier molecular flexibility index (Phi) is 4.15. The predicted molar refractivity (Wildman–Crippen MR) is 80.6 cm³/mol. The lowest BCUT2D eigenvalue weighted by atomic mass is 10.1. The molecule has 114 valence electrons. The second-order valence-electron chi connectivity index (χ2n) is 6.36. The lowest BCUT2D eigenvalue weighted by molar-refractivity contribution is -0.117. The first-order chi connectivity index (χ1) is 10.2. The van der Waals surface area contributed by atoms with Gasteiger partial charge in [0.05, 0.1) is 0 Å². The highest BCUT2D eigenvalue weighted by Crippen LogP contribution is 2.47. The summed E-state index contributed by atoms with van der Waals surface area (Å²) in [6.45, 7) is 2.33. The zero-order chi connectivity index (χ0) is 14.8. The summed E-state index contributed by atoms with van der Waals surface area (Å²) in [4.78, 5) is 11.9. The molecule has 3 unspecified atom stereocenters. The van der Waals surface area contributed by atoms with Gasteiger partial charge in [0.25, 0.3) is 0 Å². The van der Waals surface area contributed by atoms with Gasteiger partial charge in [0.2, 0.25) is 5.91 Å². The first-order valence-corrected chi connectivity index (χ1v) is 7.86. The van der Waals surface area contributed by atoms with Crippen molar-refractivity contribution < 1.29 is 14.3 Å². The number of hydrogen-bond acceptors (Lipinski definition) is 3. The van der Waals surface area contributed by atoms with Gasteiger partial charge in [-0.1, -0.05) is 6.92 Å². The zero-order valence-electron chi connectivity index (χ0n) is 12.4. The first-order valence-electron chi connectivity index (χ1n) is 7.86. The molecule has 0 radical (unpaired) electrons. The topological polar surface area (TPSA) is 62.5 Å². The third-order valence-electron chi connectivity index (χ3n) is 4.48. The van der Waals surface area contributed by atoms with Crippen molar-refractivity contribution in [3.63, 3.8) is 0 Å². The molecule has 2 fully saturated rings. The number of nitrogens with one attached hydrogen (secondary N) is 1. The van der Waals surface area contributed by atoms with Crippen LogP contribution in [0.1, 0.15) is 50.0 Å². The maximum Gasteiger partial charge on any atom is 0.244 e. The zero-order valence-corrected chi connectivity index (χ0v) is 12.4. The molecule has 1 amide bonds. The Morgan fingerprint density at radius 1 is 1.52 bits per heavy atom. The lowest BCUT2D eigenvalue weighted by Crippen LogP contribution is -2.36. The van der Waals surface area contributed by atoms with E-state index in [-0.39, 0.29) is 18.6 Å². The minimum atomic E-state index is -0.113. The minimum Gasteiger partial charge on any atom is -0.461 e. The summed E-state index contributed by atoms with van der Waals surface area (Å²) in [5.41, 5.74) is 0. The quantitative estimate of drug-likeness (QED) is 0.759. The van der Waals surface area contributed by atoms with Crippen molar-refractivity contribution in [1.29, 1.82) is 0 Å². The van der Waals surface area contributed by atoms with E-state index in [9.17, 15) is 4.79 Å². The Bertz CT molecular complexity index is 530. The van der Waals surface area contributed by atoms with Gasteiger partial charge in [-0.15, -0.1) is 0 Å². The van der Waals surface area contributed by atoms with Crippen LogP contribution in [0.5, 0.6) is 0 Å². The van der Waals surface area contributed by atoms with Crippen molar-refractivity contribution >= 4 is 12.0 Å². The summed E-state index contributed by atoms with van der Waals surface area (Å²) in [5, 5.41) is 12.0. The highest BCUT2D eigenvalue weighted by Gasteiger charge is 2.36. The molecular weight excluding hydrogens is 266 g/mol. The SMILES string of the molecule is CC1CC1c1ccc(/C=C/C(=O)NC(CCO)C2CC2)o1. The fraction of sp³-hybridized carbons (Fsp3) is 0.588. The van der Waals surface area contributed by atoms with E-state index in [1.807, 2.05) is 12.1 Å². The molecule has 2 aliphatic carbocycles. The number of carbonyl (C=O) groups excluding carboxylic acids is 1. The number of carbonyl (C=O) groups is 1. The van der Waals surface area contributed by atoms with Crippen LogP contribution in [0, 0.1) is 11.8 Å². The van der Waals surface area contributed by atoms with Crippen molar-refractivity contribution in [1.82, 2.24) is 5.32 Å². The van der Waals surface area contributed by atoms with Crippen molar-refractivity contribution in [2.45, 2.75) is 44.6 Å². The molecule has 2 aliphatic rings. The van der Waals surface area contributed by atoms with E-state index >= 15 is 0 Å². The van der Waals surface area contributed by atoms with Crippen molar-refractivity contribution in [2.24, 2.45) is 11.8 Å². The standard InChI is InChI=1S/C17H23NO3/c1-11-10-14(11)16-6-4-13(21-16)5-7-17(20)18-15(8-9-19)12-2-3-12/h4-7,11-12,14-15,19H,2-3,8-10H2,1H3,(H,18,20)/b7-5+. The molecule has 4 heteroatoms. The number of rotatable bonds is 7. The summed E-state index contributed by atoms with van der Waals surface area (Å²) in [5.74, 6) is 3.46. The molecule has 2 saturated carbocycles. The summed E-state index contributed by atoms with van der Waals surface area (Å²) in [7, 11) is 0. The van der Waals surface area contributed by atoms with Gasteiger partial charge in [-0.05, 0) is 55.7 Å². The van der Waals surface area contributed by atoms with Gasteiger partial charge in [-0.25, -0.2) is 0 Å². The molecule has 0 aliphatic heterocycles. The second-order valence-corrected chi connectivity index (χ2v) is 6.36. The number of amides is 1. The monoisotopic (exact) mass is 289 g/mol. The molecular formula is C17H23NO3. The molecule has 0 spiro atoms. The summed E-state index contributed by atoms with van der Waals surface area (Å²) >= 11 is 0. The van der Waals surface area contributed by atoms with E-state index in [0.29, 0.717) is 24.2 Å². The van der Waals surface area contributed by atoms with Gasteiger partial charge >= 0.3 is 0 Å². The smallest absolute Gasteiger partial charge is 0.244 e. The van der Waals surface area contributed by atoms with E-state index in [1.54, 1.807) is 6.08 Å². The van der Waals surface area contributed by atoms with E-state index in [1.165, 1.54) is 12.5 Å². The average molecular weight is 289 g/mol. The third kappa shape index (κ3) is 3.76. The van der Waals surface area contributed by atoms with Crippen molar-refractivity contribution in [2.75, 3.05) is 6.61 Å². The highest BCUT2D eigenvalue weighted by molar-refractivity contribution is 5.91. The summed E-state index contributed by atoms with van der Waals surface area (Å²) in [6, 6.07) is 4.02. The average Bonchev–Trinajstić information content (AvgIpc) is 3.37. The van der Waals surface area contributed by atoms with Crippen LogP contribution in [0.4, 0.5) is 0 Å². The van der Waals surface area contributed by atoms with Gasteiger partial charge < -0.3 is 14.8 Å². The predicted octanol–water partition coefficient (Wildman–Crippen LogP) is 2.69. The van der Waals surface area contributed by atoms with Crippen LogP contribution in [-0.2, 0) is 4.79 Å². The Balaban J connectivity index is 1.52. The number of furan rings is 1. The van der Waals surface area contributed by atoms with E-state index in [0.717, 1.165) is 24.4 Å². The van der Waals surface area contributed by atoms with Gasteiger partial charge in [-0.3, -0.25) is 4.79 Å². The fourth-order valence-electron chi connectivity index (χ4n) is 2.83. The van der Waals surface area contributed by atoms with Crippen molar-refractivity contribution in [3.8, 4) is 0 Å². The number of aliphatic hydroxyl groups is 1. The molecule has 21 heavy (non-hydrogen) atoms. The van der Waals surface area contributed by atoms with Crippen LogP contribution >= 0.6 is 0 Å². The number of aliphatic hydroxyl groups excluding tert-OH is 1. The molecule has 0 saturated heterocycles.